The average molecular weight is 451 g/mol. The monoisotopic (exact) mass is 450 g/mol. The lowest BCUT2D eigenvalue weighted by Crippen LogP contribution is -2.17. The third-order valence-electron chi connectivity index (χ3n) is 4.81. The van der Waals surface area contributed by atoms with E-state index in [1.54, 1.807) is 29.0 Å². The van der Waals surface area contributed by atoms with Crippen molar-refractivity contribution in [3.8, 4) is 0 Å². The zero-order chi connectivity index (χ0) is 22.5. The summed E-state index contributed by atoms with van der Waals surface area (Å²) in [6, 6.07) is 6.96. The van der Waals surface area contributed by atoms with Crippen LogP contribution in [0.2, 0.25) is 0 Å². The second-order valence-electron chi connectivity index (χ2n) is 7.55. The van der Waals surface area contributed by atoms with Crippen LogP contribution in [0.1, 0.15) is 47.3 Å². The highest BCUT2D eigenvalue weighted by molar-refractivity contribution is 7.14. The molecule has 164 valence electrons. The number of aromatic nitrogens is 5. The van der Waals surface area contributed by atoms with Gasteiger partial charge in [-0.25, -0.2) is 15.0 Å². The molecule has 4 aromatic heterocycles. The first-order valence-corrected chi connectivity index (χ1v) is 11.1. The Labute approximate surface area is 189 Å². The van der Waals surface area contributed by atoms with E-state index in [-0.39, 0.29) is 5.91 Å². The largest absolute Gasteiger partial charge is 0.339 e. The minimum atomic E-state index is -0.543. The lowest BCUT2D eigenvalue weighted by Gasteiger charge is -2.09. The average Bonchev–Trinajstić information content (AvgIpc) is 3.49. The molecular weight excluding hydrogens is 427 g/mol. The van der Waals surface area contributed by atoms with Crippen molar-refractivity contribution < 1.29 is 9.18 Å². The molecule has 32 heavy (non-hydrogen) atoms. The maximum atomic E-state index is 13.3. The number of rotatable bonds is 8. The van der Waals surface area contributed by atoms with E-state index in [1.165, 1.54) is 23.6 Å². The number of hydrogen-bond acceptors (Lipinski definition) is 5. The fraction of sp³-hybridized carbons (Fsp3) is 0.217. The molecule has 9 heteroatoms. The van der Waals surface area contributed by atoms with Gasteiger partial charge in [-0.1, -0.05) is 6.08 Å². The number of allylic oxidation sites excluding steroid dienone is 1. The van der Waals surface area contributed by atoms with Gasteiger partial charge in [-0.2, -0.15) is 4.39 Å². The highest BCUT2D eigenvalue weighted by Crippen LogP contribution is 2.18. The number of carbonyl (C=O) groups excluding carboxylic acids is 1. The molecule has 0 aliphatic heterocycles. The van der Waals surface area contributed by atoms with Gasteiger partial charge in [0.15, 0.2) is 5.13 Å². The summed E-state index contributed by atoms with van der Waals surface area (Å²) in [6.07, 6.45) is 11.6. The molecule has 1 amide bonds. The van der Waals surface area contributed by atoms with E-state index < -0.39 is 5.95 Å². The Morgan fingerprint density at radius 3 is 2.97 bits per heavy atom. The Morgan fingerprint density at radius 2 is 2.19 bits per heavy atom. The minimum Gasteiger partial charge on any atom is -0.339 e. The number of pyridine rings is 1. The number of anilines is 1. The van der Waals surface area contributed by atoms with Crippen LogP contribution in [0, 0.1) is 5.95 Å². The molecule has 1 N–H and O–H groups in total. The van der Waals surface area contributed by atoms with E-state index in [0.717, 1.165) is 17.0 Å². The molecule has 0 atom stereocenters. The zero-order valence-corrected chi connectivity index (χ0v) is 18.6. The molecular formula is C23H23FN6OS. The Balaban J connectivity index is 1.36. The first-order valence-electron chi connectivity index (χ1n) is 10.2. The van der Waals surface area contributed by atoms with Crippen molar-refractivity contribution in [2.24, 2.45) is 0 Å². The van der Waals surface area contributed by atoms with Crippen LogP contribution in [0.3, 0.4) is 0 Å². The van der Waals surface area contributed by atoms with Crippen LogP contribution in [0.5, 0.6) is 0 Å². The predicted octanol–water partition coefficient (Wildman–Crippen LogP) is 4.81. The lowest BCUT2D eigenvalue weighted by atomic mass is 10.2. The molecule has 0 radical (unpaired) electrons. The van der Waals surface area contributed by atoms with Crippen molar-refractivity contribution >= 4 is 28.5 Å². The van der Waals surface area contributed by atoms with Crippen LogP contribution in [-0.2, 0) is 13.0 Å². The standard InChI is InChI=1S/C23H23FN6OS/c1-16(2)30-13-18(26-15-30)5-3-6-19-14-32-23(27-19)28-22(31)20-7-4-10-29(20)12-17-8-9-25-21(24)11-17/h3-5,7-11,13-16H,6,12H2,1-2H3,(H,27,28,31). The van der Waals surface area contributed by atoms with Gasteiger partial charge < -0.3 is 9.13 Å². The summed E-state index contributed by atoms with van der Waals surface area (Å²) in [6.45, 7) is 4.59. The maximum absolute atomic E-state index is 13.3. The number of carbonyl (C=O) groups is 1. The molecule has 0 fully saturated rings. The Hall–Kier alpha value is -3.59. The lowest BCUT2D eigenvalue weighted by molar-refractivity contribution is 0.101. The van der Waals surface area contributed by atoms with Crippen molar-refractivity contribution in [3.63, 3.8) is 0 Å². The predicted molar refractivity (Wildman–Crippen MR) is 123 cm³/mol. The molecule has 0 saturated heterocycles. The highest BCUT2D eigenvalue weighted by atomic mass is 32.1. The Kier molecular flexibility index (Phi) is 6.55. The topological polar surface area (TPSA) is 77.6 Å². The fourth-order valence-electron chi connectivity index (χ4n) is 3.14. The van der Waals surface area contributed by atoms with Crippen molar-refractivity contribution in [1.29, 1.82) is 0 Å². The van der Waals surface area contributed by atoms with Gasteiger partial charge in [0.05, 0.1) is 17.7 Å². The third kappa shape index (κ3) is 5.36. The third-order valence-corrected chi connectivity index (χ3v) is 5.62. The molecule has 0 bridgehead atoms. The number of halogens is 1. The van der Waals surface area contributed by atoms with Gasteiger partial charge in [0.1, 0.15) is 5.69 Å². The minimum absolute atomic E-state index is 0.264. The molecule has 0 aromatic carbocycles. The summed E-state index contributed by atoms with van der Waals surface area (Å²) in [5, 5.41) is 5.30. The number of nitrogens with zero attached hydrogens (tertiary/aromatic N) is 5. The van der Waals surface area contributed by atoms with Crippen LogP contribution in [0.15, 0.2) is 60.6 Å². The van der Waals surface area contributed by atoms with E-state index in [9.17, 15) is 9.18 Å². The Bertz CT molecular complexity index is 1240. The summed E-state index contributed by atoms with van der Waals surface area (Å²) in [7, 11) is 0. The van der Waals surface area contributed by atoms with E-state index >= 15 is 0 Å². The first-order chi connectivity index (χ1) is 15.5. The number of nitrogens with one attached hydrogen (secondary N) is 1. The first kappa shape index (κ1) is 21.6. The van der Waals surface area contributed by atoms with Crippen molar-refractivity contribution in [2.45, 2.75) is 32.9 Å². The van der Waals surface area contributed by atoms with E-state index in [4.69, 9.17) is 0 Å². The highest BCUT2D eigenvalue weighted by Gasteiger charge is 2.13. The van der Waals surface area contributed by atoms with Gasteiger partial charge in [0.25, 0.3) is 5.91 Å². The summed E-state index contributed by atoms with van der Waals surface area (Å²) in [5.41, 5.74) is 2.97. The number of imidazole rings is 1. The van der Waals surface area contributed by atoms with E-state index in [0.29, 0.717) is 29.8 Å². The fourth-order valence-corrected chi connectivity index (χ4v) is 3.85. The number of amides is 1. The summed E-state index contributed by atoms with van der Waals surface area (Å²) in [4.78, 5) is 25.2. The number of hydrogen-bond donors (Lipinski definition) is 1. The van der Waals surface area contributed by atoms with Gasteiger partial charge in [-0.05, 0) is 49.8 Å². The molecule has 4 rings (SSSR count). The molecule has 4 heterocycles. The molecule has 0 aliphatic rings. The summed E-state index contributed by atoms with van der Waals surface area (Å²) in [5.74, 6) is -0.807. The van der Waals surface area contributed by atoms with Gasteiger partial charge in [-0.3, -0.25) is 10.1 Å². The van der Waals surface area contributed by atoms with Crippen molar-refractivity contribution in [3.05, 3.63) is 89.2 Å². The molecule has 0 unspecified atom stereocenters. The second kappa shape index (κ2) is 9.69. The SMILES string of the molecule is CC(C)n1cnc(C=CCc2csc(NC(=O)c3cccn3Cc3ccnc(F)c3)n2)c1. The van der Waals surface area contributed by atoms with Crippen LogP contribution >= 0.6 is 11.3 Å². The van der Waals surface area contributed by atoms with E-state index in [2.05, 4.69) is 38.7 Å². The van der Waals surface area contributed by atoms with Crippen LogP contribution in [-0.4, -0.2) is 30.0 Å². The zero-order valence-electron chi connectivity index (χ0n) is 17.8. The van der Waals surface area contributed by atoms with Gasteiger partial charge in [0, 0.05) is 43.0 Å². The van der Waals surface area contributed by atoms with Crippen LogP contribution < -0.4 is 5.32 Å². The van der Waals surface area contributed by atoms with Gasteiger partial charge >= 0.3 is 0 Å². The maximum Gasteiger partial charge on any atom is 0.274 e. The van der Waals surface area contributed by atoms with Crippen molar-refractivity contribution in [1.82, 2.24) is 24.1 Å². The van der Waals surface area contributed by atoms with Crippen molar-refractivity contribution in [2.75, 3.05) is 5.32 Å². The Morgan fingerprint density at radius 1 is 1.31 bits per heavy atom. The van der Waals surface area contributed by atoms with Crippen LogP contribution in [0.25, 0.3) is 6.08 Å². The molecule has 7 nitrogen and oxygen atoms in total. The molecule has 0 aliphatic carbocycles. The second-order valence-corrected chi connectivity index (χ2v) is 8.41. The normalized spacial score (nSPS) is 11.5. The number of thiazole rings is 1. The molecule has 0 spiro atoms. The van der Waals surface area contributed by atoms with Gasteiger partial charge in [0.2, 0.25) is 5.95 Å². The summed E-state index contributed by atoms with van der Waals surface area (Å²) < 4.78 is 17.2. The van der Waals surface area contributed by atoms with E-state index in [1.807, 2.05) is 30.1 Å². The molecule has 4 aromatic rings. The summed E-state index contributed by atoms with van der Waals surface area (Å²) >= 11 is 1.38. The smallest absolute Gasteiger partial charge is 0.274 e. The molecule has 0 saturated carbocycles. The van der Waals surface area contributed by atoms with Crippen LogP contribution in [0.4, 0.5) is 9.52 Å². The van der Waals surface area contributed by atoms with Gasteiger partial charge in [-0.15, -0.1) is 11.3 Å². The quantitative estimate of drug-likeness (QED) is 0.391.